The molecule has 1 fully saturated rings. The Bertz CT molecular complexity index is 1050. The Morgan fingerprint density at radius 1 is 1.03 bits per heavy atom. The summed E-state index contributed by atoms with van der Waals surface area (Å²) in [5.74, 6) is -1.22. The lowest BCUT2D eigenvalue weighted by molar-refractivity contribution is -0.121. The predicted octanol–water partition coefficient (Wildman–Crippen LogP) is 4.13. The van der Waals surface area contributed by atoms with Gasteiger partial charge in [0.15, 0.2) is 0 Å². The SMILES string of the molecule is CC(=O)Nc1ccc(NC(=O)C2CCCN(S(=O)(=O)Cc3c(Cl)cccc3Cl)C2)cc1. The highest BCUT2D eigenvalue weighted by molar-refractivity contribution is 7.88. The average molecular weight is 484 g/mol. The second kappa shape index (κ2) is 9.99. The zero-order chi connectivity index (χ0) is 22.6. The molecular weight excluding hydrogens is 461 g/mol. The first-order valence-electron chi connectivity index (χ1n) is 9.75. The van der Waals surface area contributed by atoms with E-state index in [1.165, 1.54) is 11.2 Å². The second-order valence-corrected chi connectivity index (χ2v) is 10.2. The molecule has 2 amide bonds. The molecule has 7 nitrogen and oxygen atoms in total. The summed E-state index contributed by atoms with van der Waals surface area (Å²) in [7, 11) is -3.69. The largest absolute Gasteiger partial charge is 0.326 e. The van der Waals surface area contributed by atoms with Gasteiger partial charge in [0.05, 0.1) is 11.7 Å². The fraction of sp³-hybridized carbons (Fsp3) is 0.333. The normalized spacial score (nSPS) is 17.2. The predicted molar refractivity (Wildman–Crippen MR) is 123 cm³/mol. The van der Waals surface area contributed by atoms with E-state index in [0.717, 1.165) is 0 Å². The summed E-state index contributed by atoms with van der Waals surface area (Å²) >= 11 is 12.3. The number of hydrogen-bond acceptors (Lipinski definition) is 4. The average Bonchev–Trinajstić information content (AvgIpc) is 2.72. The Morgan fingerprint density at radius 3 is 2.19 bits per heavy atom. The van der Waals surface area contributed by atoms with Gasteiger partial charge < -0.3 is 10.6 Å². The maximum absolute atomic E-state index is 13.0. The summed E-state index contributed by atoms with van der Waals surface area (Å²) in [5.41, 5.74) is 1.55. The summed E-state index contributed by atoms with van der Waals surface area (Å²) in [6, 6.07) is 11.6. The third-order valence-corrected chi connectivity index (χ3v) is 7.49. The van der Waals surface area contributed by atoms with Gasteiger partial charge in [-0.15, -0.1) is 0 Å². The van der Waals surface area contributed by atoms with Crippen LogP contribution in [0, 0.1) is 5.92 Å². The number of nitrogens with one attached hydrogen (secondary N) is 2. The number of sulfonamides is 1. The monoisotopic (exact) mass is 483 g/mol. The lowest BCUT2D eigenvalue weighted by Crippen LogP contribution is -2.44. The Morgan fingerprint density at radius 2 is 1.61 bits per heavy atom. The molecule has 10 heteroatoms. The van der Waals surface area contributed by atoms with Crippen LogP contribution in [0.3, 0.4) is 0 Å². The van der Waals surface area contributed by atoms with E-state index in [9.17, 15) is 18.0 Å². The van der Waals surface area contributed by atoms with Gasteiger partial charge in [-0.3, -0.25) is 9.59 Å². The van der Waals surface area contributed by atoms with E-state index in [4.69, 9.17) is 23.2 Å². The minimum absolute atomic E-state index is 0.0974. The number of anilines is 2. The van der Waals surface area contributed by atoms with Crippen molar-refractivity contribution in [3.05, 3.63) is 58.1 Å². The summed E-state index contributed by atoms with van der Waals surface area (Å²) in [5, 5.41) is 6.06. The topological polar surface area (TPSA) is 95.6 Å². The molecule has 1 saturated heterocycles. The van der Waals surface area contributed by atoms with Crippen molar-refractivity contribution in [2.75, 3.05) is 23.7 Å². The van der Waals surface area contributed by atoms with Gasteiger partial charge in [-0.25, -0.2) is 12.7 Å². The van der Waals surface area contributed by atoms with Crippen LogP contribution in [0.1, 0.15) is 25.3 Å². The highest BCUT2D eigenvalue weighted by atomic mass is 35.5. The van der Waals surface area contributed by atoms with Gasteiger partial charge in [0.25, 0.3) is 0 Å². The number of carbonyl (C=O) groups is 2. The molecular formula is C21H23Cl2N3O4S. The van der Waals surface area contributed by atoms with Crippen LogP contribution in [-0.4, -0.2) is 37.6 Å². The Kier molecular flexibility index (Phi) is 7.59. The van der Waals surface area contributed by atoms with E-state index >= 15 is 0 Å². The van der Waals surface area contributed by atoms with Gasteiger partial charge >= 0.3 is 0 Å². The minimum atomic E-state index is -3.69. The summed E-state index contributed by atoms with van der Waals surface area (Å²) < 4.78 is 27.2. The molecule has 0 aromatic heterocycles. The zero-order valence-electron chi connectivity index (χ0n) is 16.9. The number of rotatable bonds is 6. The first-order chi connectivity index (χ1) is 14.7. The molecule has 0 spiro atoms. The van der Waals surface area contributed by atoms with Crippen LogP contribution in [0.25, 0.3) is 0 Å². The van der Waals surface area contributed by atoms with Gasteiger partial charge in [-0.1, -0.05) is 29.3 Å². The van der Waals surface area contributed by atoms with Gasteiger partial charge in [0, 0.05) is 47.0 Å². The number of hydrogen-bond donors (Lipinski definition) is 2. The fourth-order valence-electron chi connectivity index (χ4n) is 3.44. The molecule has 1 aliphatic rings. The van der Waals surface area contributed by atoms with Crippen LogP contribution in [0.4, 0.5) is 11.4 Å². The number of nitrogens with zero attached hydrogens (tertiary/aromatic N) is 1. The van der Waals surface area contributed by atoms with Crippen LogP contribution in [0.5, 0.6) is 0 Å². The van der Waals surface area contributed by atoms with Gasteiger partial charge in [-0.2, -0.15) is 0 Å². The van der Waals surface area contributed by atoms with Crippen molar-refractivity contribution >= 4 is 56.4 Å². The number of amides is 2. The molecule has 166 valence electrons. The molecule has 0 aliphatic carbocycles. The van der Waals surface area contributed by atoms with Crippen LogP contribution >= 0.6 is 23.2 Å². The first kappa shape index (κ1) is 23.5. The number of halogens is 2. The van der Waals surface area contributed by atoms with Gasteiger partial charge in [0.2, 0.25) is 21.8 Å². The highest BCUT2D eigenvalue weighted by Gasteiger charge is 2.33. The molecule has 3 rings (SSSR count). The lowest BCUT2D eigenvalue weighted by Gasteiger charge is -2.31. The van der Waals surface area contributed by atoms with Crippen LogP contribution in [0.15, 0.2) is 42.5 Å². The molecule has 31 heavy (non-hydrogen) atoms. The van der Waals surface area contributed by atoms with Crippen molar-refractivity contribution in [2.24, 2.45) is 5.92 Å². The smallest absolute Gasteiger partial charge is 0.228 e. The van der Waals surface area contributed by atoms with Crippen molar-refractivity contribution in [1.29, 1.82) is 0 Å². The van der Waals surface area contributed by atoms with Crippen molar-refractivity contribution in [3.8, 4) is 0 Å². The highest BCUT2D eigenvalue weighted by Crippen LogP contribution is 2.29. The van der Waals surface area contributed by atoms with Crippen molar-refractivity contribution < 1.29 is 18.0 Å². The fourth-order valence-corrected chi connectivity index (χ4v) is 5.80. The first-order valence-corrected chi connectivity index (χ1v) is 12.1. The lowest BCUT2D eigenvalue weighted by atomic mass is 9.98. The number of benzene rings is 2. The Balaban J connectivity index is 1.65. The quantitative estimate of drug-likeness (QED) is 0.645. The Hall–Kier alpha value is -2.13. The van der Waals surface area contributed by atoms with E-state index in [1.807, 2.05) is 0 Å². The maximum Gasteiger partial charge on any atom is 0.228 e. The standard InChI is InChI=1S/C21H23Cl2N3O4S/c1-14(27)24-16-7-9-17(10-8-16)25-21(28)15-4-3-11-26(12-15)31(29,30)13-18-19(22)5-2-6-20(18)23/h2,5-10,15H,3-4,11-13H2,1H3,(H,24,27)(H,25,28). The third kappa shape index (κ3) is 6.20. The molecule has 1 heterocycles. The van der Waals surface area contributed by atoms with Crippen LogP contribution < -0.4 is 10.6 Å². The summed E-state index contributed by atoms with van der Waals surface area (Å²) in [6.07, 6.45) is 1.17. The second-order valence-electron chi connectivity index (χ2n) is 7.40. The molecule has 2 aromatic rings. The molecule has 2 aromatic carbocycles. The van der Waals surface area contributed by atoms with Crippen molar-refractivity contribution in [3.63, 3.8) is 0 Å². The molecule has 0 saturated carbocycles. The van der Waals surface area contributed by atoms with E-state index in [0.29, 0.717) is 46.4 Å². The molecule has 1 atom stereocenters. The number of piperidine rings is 1. The van der Waals surface area contributed by atoms with Crippen molar-refractivity contribution in [2.45, 2.75) is 25.5 Å². The van der Waals surface area contributed by atoms with Crippen molar-refractivity contribution in [1.82, 2.24) is 4.31 Å². The van der Waals surface area contributed by atoms with Crippen LogP contribution in [-0.2, 0) is 25.4 Å². The summed E-state index contributed by atoms with van der Waals surface area (Å²) in [4.78, 5) is 23.8. The molecule has 1 aliphatic heterocycles. The summed E-state index contributed by atoms with van der Waals surface area (Å²) in [6.45, 7) is 1.86. The number of carbonyl (C=O) groups excluding carboxylic acids is 2. The maximum atomic E-state index is 13.0. The van der Waals surface area contributed by atoms with E-state index in [1.54, 1.807) is 42.5 Å². The molecule has 0 bridgehead atoms. The van der Waals surface area contributed by atoms with Crippen LogP contribution in [0.2, 0.25) is 10.0 Å². The van der Waals surface area contributed by atoms with E-state index < -0.39 is 15.9 Å². The molecule has 2 N–H and O–H groups in total. The third-order valence-electron chi connectivity index (χ3n) is 5.01. The molecule has 0 radical (unpaired) electrons. The van der Waals surface area contributed by atoms with Gasteiger partial charge in [-0.05, 0) is 49.2 Å². The van der Waals surface area contributed by atoms with Gasteiger partial charge in [0.1, 0.15) is 0 Å². The zero-order valence-corrected chi connectivity index (χ0v) is 19.2. The minimum Gasteiger partial charge on any atom is -0.326 e. The Labute approximate surface area is 191 Å². The van der Waals surface area contributed by atoms with E-state index in [-0.39, 0.29) is 24.1 Å². The van der Waals surface area contributed by atoms with E-state index in [2.05, 4.69) is 10.6 Å². The molecule has 1 unspecified atom stereocenters.